The number of hydrogen-bond donors (Lipinski definition) is 0. The molecule has 0 bridgehead atoms. The van der Waals surface area contributed by atoms with Gasteiger partial charge in [0, 0.05) is 97.3 Å². The lowest BCUT2D eigenvalue weighted by molar-refractivity contribution is 0.951. The molecule has 6 aromatic heterocycles. The Morgan fingerprint density at radius 2 is 0.845 bits per heavy atom. The van der Waals surface area contributed by atoms with Crippen LogP contribution in [-0.4, -0.2) is 33.2 Å². The van der Waals surface area contributed by atoms with E-state index in [9.17, 15) is 0 Å². The zero-order chi connectivity index (χ0) is 55.6. The highest BCUT2D eigenvalue weighted by atomic mass is 32.1. The van der Waals surface area contributed by atoms with Gasteiger partial charge in [-0.2, -0.15) is 9.97 Å². The van der Waals surface area contributed by atoms with Crippen LogP contribution in [0.5, 0.6) is 0 Å². The van der Waals surface area contributed by atoms with Crippen LogP contribution >= 0.6 is 11.3 Å². The van der Waals surface area contributed by atoms with Crippen molar-refractivity contribution in [2.45, 2.75) is 6.92 Å². The van der Waals surface area contributed by atoms with Gasteiger partial charge in [-0.3, -0.25) is 4.57 Å². The number of para-hydroxylation sites is 5. The summed E-state index contributed by atoms with van der Waals surface area (Å²) in [6.45, 7) is 6.39. The molecule has 7 nitrogen and oxygen atoms in total. The molecule has 6 heterocycles. The SMILES string of the molecule is C=C/C=C\c1c(C)n(-c2ccccc2)c2c1c(-c1ccc3c(c1)c1ccccc1n3-c1ccc3sc4ccc(-n5c6ccccc6c6ccccc65)cc4c3c1)cc1c3ccccc3n(-c3nc(-c4ccccc4)nc(-c4ccccc4)n3)c12. The van der Waals surface area contributed by atoms with E-state index in [4.69, 9.17) is 15.0 Å². The van der Waals surface area contributed by atoms with Crippen molar-refractivity contribution >= 4 is 114 Å². The number of allylic oxidation sites excluding steroid dienone is 2. The first kappa shape index (κ1) is 47.8. The van der Waals surface area contributed by atoms with Gasteiger partial charge >= 0.3 is 0 Å². The van der Waals surface area contributed by atoms with E-state index in [1.165, 1.54) is 52.8 Å². The summed E-state index contributed by atoms with van der Waals surface area (Å²) in [5, 5.41) is 10.7. The molecule has 0 fully saturated rings. The molecule has 0 amide bonds. The van der Waals surface area contributed by atoms with Gasteiger partial charge in [0.2, 0.25) is 5.95 Å². The molecular formula is C76H49N7S. The minimum absolute atomic E-state index is 0.538. The van der Waals surface area contributed by atoms with Gasteiger partial charge in [-0.25, -0.2) is 4.98 Å². The van der Waals surface area contributed by atoms with Crippen LogP contribution in [0.15, 0.2) is 267 Å². The molecule has 0 radical (unpaired) electrons. The van der Waals surface area contributed by atoms with Crippen molar-refractivity contribution in [3.8, 4) is 56.9 Å². The maximum Gasteiger partial charge on any atom is 0.238 e. The van der Waals surface area contributed by atoms with E-state index in [2.05, 4.69) is 256 Å². The fourth-order valence-corrected chi connectivity index (χ4v) is 14.4. The molecule has 8 heteroatoms. The highest BCUT2D eigenvalue weighted by Gasteiger charge is 2.28. The van der Waals surface area contributed by atoms with Crippen molar-refractivity contribution in [2.24, 2.45) is 0 Å². The van der Waals surface area contributed by atoms with Crippen LogP contribution in [0.3, 0.4) is 0 Å². The van der Waals surface area contributed by atoms with Crippen LogP contribution in [-0.2, 0) is 0 Å². The molecule has 0 saturated heterocycles. The molecule has 0 spiro atoms. The maximum atomic E-state index is 5.39. The molecule has 0 atom stereocenters. The largest absolute Gasteiger partial charge is 0.311 e. The molecule has 0 aliphatic carbocycles. The topological polar surface area (TPSA) is 58.4 Å². The predicted molar refractivity (Wildman–Crippen MR) is 353 cm³/mol. The Kier molecular flexibility index (Phi) is 10.7. The number of benzene rings is 11. The smallest absolute Gasteiger partial charge is 0.238 e. The van der Waals surface area contributed by atoms with E-state index in [1.807, 2.05) is 53.8 Å². The van der Waals surface area contributed by atoms with Crippen LogP contribution in [0, 0.1) is 6.92 Å². The third-order valence-corrected chi connectivity index (χ3v) is 18.1. The third-order valence-electron chi connectivity index (χ3n) is 17.0. The Hall–Kier alpha value is -10.9. The summed E-state index contributed by atoms with van der Waals surface area (Å²) in [6, 6.07) is 89.7. The van der Waals surface area contributed by atoms with E-state index in [1.54, 1.807) is 0 Å². The van der Waals surface area contributed by atoms with Crippen LogP contribution in [0.25, 0.3) is 159 Å². The number of rotatable bonds is 9. The van der Waals surface area contributed by atoms with Gasteiger partial charge in [-0.05, 0) is 109 Å². The van der Waals surface area contributed by atoms with Crippen molar-refractivity contribution in [3.05, 3.63) is 279 Å². The molecule has 0 aliphatic heterocycles. The summed E-state index contributed by atoms with van der Waals surface area (Å²) in [5.41, 5.74) is 17.3. The zero-order valence-electron chi connectivity index (χ0n) is 45.6. The zero-order valence-corrected chi connectivity index (χ0v) is 46.5. The number of nitrogens with zero attached hydrogens (tertiary/aromatic N) is 7. The molecule has 0 N–H and O–H groups in total. The van der Waals surface area contributed by atoms with Gasteiger partial charge in [-0.15, -0.1) is 11.3 Å². The lowest BCUT2D eigenvalue weighted by Gasteiger charge is -2.15. The van der Waals surface area contributed by atoms with E-state index in [0.717, 1.165) is 94.3 Å². The summed E-state index contributed by atoms with van der Waals surface area (Å²) in [4.78, 5) is 15.9. The lowest BCUT2D eigenvalue weighted by Crippen LogP contribution is -2.07. The summed E-state index contributed by atoms with van der Waals surface area (Å²) < 4.78 is 12.1. The van der Waals surface area contributed by atoms with Gasteiger partial charge in [0.15, 0.2) is 11.6 Å². The number of thiophene rings is 1. The third kappa shape index (κ3) is 7.20. The average molecular weight is 1090 g/mol. The van der Waals surface area contributed by atoms with Crippen LogP contribution < -0.4 is 0 Å². The summed E-state index contributed by atoms with van der Waals surface area (Å²) in [5.74, 6) is 1.74. The Bertz CT molecular complexity index is 5470. The fraction of sp³-hybridized carbons (Fsp3) is 0.0132. The Morgan fingerprint density at radius 1 is 0.369 bits per heavy atom. The van der Waals surface area contributed by atoms with Crippen LogP contribution in [0.2, 0.25) is 0 Å². The van der Waals surface area contributed by atoms with Gasteiger partial charge in [0.1, 0.15) is 0 Å². The Morgan fingerprint density at radius 3 is 1.39 bits per heavy atom. The lowest BCUT2D eigenvalue weighted by atomic mass is 9.94. The normalized spacial score (nSPS) is 12.1. The van der Waals surface area contributed by atoms with Crippen molar-refractivity contribution in [1.82, 2.24) is 33.2 Å². The summed E-state index contributed by atoms with van der Waals surface area (Å²) in [6.07, 6.45) is 6.14. The maximum absolute atomic E-state index is 5.39. The second-order valence-corrected chi connectivity index (χ2v) is 22.7. The number of hydrogen-bond acceptors (Lipinski definition) is 4. The summed E-state index contributed by atoms with van der Waals surface area (Å²) >= 11 is 1.85. The molecule has 11 aromatic carbocycles. The molecule has 0 aliphatic rings. The first-order valence-corrected chi connectivity index (χ1v) is 29.2. The minimum atomic E-state index is 0.538. The van der Waals surface area contributed by atoms with Crippen molar-refractivity contribution in [3.63, 3.8) is 0 Å². The molecule has 0 saturated carbocycles. The monoisotopic (exact) mass is 1090 g/mol. The standard InChI is InChI=1S/C76H49N7S/c1-3-4-28-54-47(2)80(51-26-12-7-13-27-51)73-71(54)59(46-63-58-32-17-21-36-67(58)83(72(63)73)76-78-74(48-22-8-5-9-23-48)77-75(79-76)49-24-10-6-11-25-49)50-37-40-68-60(43-50)57-31-16-20-35-66(57)82(68)53-39-42-70-62(45-53)61-44-52(38-41-69(61)84-70)81-64-33-18-14-29-55(64)56-30-15-19-34-65(56)81/h3-46H,1H2,2H3/b28-4-. The second-order valence-electron chi connectivity index (χ2n) is 21.6. The van der Waals surface area contributed by atoms with Gasteiger partial charge in [0.25, 0.3) is 0 Å². The highest BCUT2D eigenvalue weighted by Crippen LogP contribution is 2.48. The Balaban J connectivity index is 0.912. The molecular weight excluding hydrogens is 1040 g/mol. The van der Waals surface area contributed by atoms with Crippen molar-refractivity contribution in [2.75, 3.05) is 0 Å². The highest BCUT2D eigenvalue weighted by molar-refractivity contribution is 7.25. The summed E-state index contributed by atoms with van der Waals surface area (Å²) in [7, 11) is 0. The molecule has 17 rings (SSSR count). The molecule has 84 heavy (non-hydrogen) atoms. The van der Waals surface area contributed by atoms with Gasteiger partial charge in [0.05, 0.1) is 38.6 Å². The Labute approximate surface area is 486 Å². The van der Waals surface area contributed by atoms with Crippen LogP contribution in [0.4, 0.5) is 0 Å². The van der Waals surface area contributed by atoms with Crippen molar-refractivity contribution < 1.29 is 0 Å². The number of aromatic nitrogens is 7. The van der Waals surface area contributed by atoms with Gasteiger partial charge in [-0.1, -0.05) is 183 Å². The minimum Gasteiger partial charge on any atom is -0.311 e. The molecule has 0 unspecified atom stereocenters. The van der Waals surface area contributed by atoms with E-state index < -0.39 is 0 Å². The average Bonchev–Trinajstić information content (AvgIpc) is 1.75. The van der Waals surface area contributed by atoms with Crippen molar-refractivity contribution in [1.29, 1.82) is 0 Å². The second kappa shape index (κ2) is 18.8. The number of fused-ring (bicyclic) bond motifs is 14. The quantitative estimate of drug-likeness (QED) is 0.135. The molecule has 17 aromatic rings. The van der Waals surface area contributed by atoms with E-state index in [-0.39, 0.29) is 0 Å². The first-order valence-electron chi connectivity index (χ1n) is 28.4. The van der Waals surface area contributed by atoms with E-state index >= 15 is 0 Å². The van der Waals surface area contributed by atoms with Crippen LogP contribution in [0.1, 0.15) is 11.3 Å². The van der Waals surface area contributed by atoms with Gasteiger partial charge < -0.3 is 13.7 Å². The van der Waals surface area contributed by atoms with E-state index in [0.29, 0.717) is 17.6 Å². The molecule has 394 valence electrons. The predicted octanol–water partition coefficient (Wildman–Crippen LogP) is 20.0. The first-order chi connectivity index (χ1) is 41.6. The fourth-order valence-electron chi connectivity index (χ4n) is 13.3.